The van der Waals surface area contributed by atoms with Crippen LogP contribution in [0.1, 0.15) is 0 Å². The van der Waals surface area contributed by atoms with E-state index in [1.807, 2.05) is 0 Å². The summed E-state index contributed by atoms with van der Waals surface area (Å²) < 4.78 is 22.6. The molecule has 1 aromatic heterocycles. The molecule has 0 radical (unpaired) electrons. The molecule has 2 aromatic rings. The third kappa shape index (κ3) is 2.07. The van der Waals surface area contributed by atoms with E-state index in [0.717, 1.165) is 0 Å². The summed E-state index contributed by atoms with van der Waals surface area (Å²) in [5.74, 6) is 0. The van der Waals surface area contributed by atoms with Gasteiger partial charge in [-0.25, -0.2) is 13.4 Å². The van der Waals surface area contributed by atoms with E-state index in [0.29, 0.717) is 11.0 Å². The second kappa shape index (κ2) is 4.08. The number of hydrogen-bond donors (Lipinski definition) is 1. The van der Waals surface area contributed by atoms with Crippen LogP contribution in [0.2, 0.25) is 0 Å². The van der Waals surface area contributed by atoms with Gasteiger partial charge in [-0.2, -0.15) is 0 Å². The Kier molecular flexibility index (Phi) is 3.19. The first-order chi connectivity index (χ1) is 7.32. The minimum absolute atomic E-state index is 0.0978. The highest BCUT2D eigenvalue weighted by Gasteiger charge is 2.39. The fourth-order valence-electron chi connectivity index (χ4n) is 1.17. The molecule has 86 valence electrons. The molecule has 0 aliphatic carbocycles. The van der Waals surface area contributed by atoms with E-state index >= 15 is 0 Å². The number of nitrogens with zero attached hydrogens (tertiary/aromatic N) is 1. The fraction of sp³-hybridized carbons (Fsp3) is 0.125. The first kappa shape index (κ1) is 12.5. The second-order valence-electron chi connectivity index (χ2n) is 3.01. The summed E-state index contributed by atoms with van der Waals surface area (Å²) in [5, 5.41) is -0.0978. The van der Waals surface area contributed by atoms with Crippen LogP contribution in [0.4, 0.5) is 0 Å². The number of sulfone groups is 1. The summed E-state index contributed by atoms with van der Waals surface area (Å²) in [6.07, 6.45) is 0. The van der Waals surface area contributed by atoms with Crippen molar-refractivity contribution in [2.75, 3.05) is 0 Å². The van der Waals surface area contributed by atoms with Crippen LogP contribution in [-0.2, 0) is 9.84 Å². The molecule has 16 heavy (non-hydrogen) atoms. The van der Waals surface area contributed by atoms with Gasteiger partial charge in [0, 0.05) is 0 Å². The maximum absolute atomic E-state index is 12.0. The van der Waals surface area contributed by atoms with Crippen LogP contribution in [0.3, 0.4) is 0 Å². The highest BCUT2D eigenvalue weighted by Crippen LogP contribution is 2.42. The van der Waals surface area contributed by atoms with Gasteiger partial charge in [0.1, 0.15) is 0 Å². The normalized spacial score (nSPS) is 13.2. The maximum Gasteiger partial charge on any atom is 0.247 e. The van der Waals surface area contributed by atoms with Crippen LogP contribution in [0, 0.1) is 0 Å². The molecule has 0 fully saturated rings. The number of fused-ring (bicyclic) bond motifs is 1. The van der Waals surface area contributed by atoms with Crippen LogP contribution in [-0.4, -0.2) is 19.9 Å². The molecular formula is C8H5Br3N2O2S. The molecule has 1 N–H and O–H groups in total. The van der Waals surface area contributed by atoms with Crippen molar-refractivity contribution in [3.8, 4) is 0 Å². The molecule has 4 nitrogen and oxygen atoms in total. The van der Waals surface area contributed by atoms with E-state index in [4.69, 9.17) is 0 Å². The molecule has 0 aliphatic heterocycles. The zero-order valence-electron chi connectivity index (χ0n) is 7.62. The molecule has 0 aliphatic rings. The number of nitrogens with one attached hydrogen (secondary N) is 1. The summed E-state index contributed by atoms with van der Waals surface area (Å²) in [6.45, 7) is 0. The van der Waals surface area contributed by atoms with Crippen molar-refractivity contribution in [3.05, 3.63) is 24.3 Å². The quantitative estimate of drug-likeness (QED) is 0.704. The molecule has 0 saturated carbocycles. The number of halogens is 3. The SMILES string of the molecule is O=S(=O)(c1nc2ccccc2[nH]1)C(Br)(Br)Br. The number of aromatic amines is 1. The van der Waals surface area contributed by atoms with E-state index in [9.17, 15) is 8.42 Å². The Hall–Kier alpha value is 0.0800. The second-order valence-corrected chi connectivity index (χ2v) is 13.3. The molecule has 1 heterocycles. The maximum atomic E-state index is 12.0. The minimum atomic E-state index is -3.65. The van der Waals surface area contributed by atoms with Gasteiger partial charge in [-0.3, -0.25) is 0 Å². The van der Waals surface area contributed by atoms with Gasteiger partial charge >= 0.3 is 0 Å². The summed E-state index contributed by atoms with van der Waals surface area (Å²) in [6, 6.07) is 7.10. The topological polar surface area (TPSA) is 62.8 Å². The van der Waals surface area contributed by atoms with Crippen molar-refractivity contribution >= 4 is 68.7 Å². The van der Waals surface area contributed by atoms with E-state index in [-0.39, 0.29) is 5.16 Å². The summed E-state index contributed by atoms with van der Waals surface area (Å²) in [7, 11) is -3.65. The van der Waals surface area contributed by atoms with Gasteiger partial charge < -0.3 is 4.98 Å². The van der Waals surface area contributed by atoms with Crippen molar-refractivity contribution in [1.29, 1.82) is 0 Å². The zero-order valence-corrected chi connectivity index (χ0v) is 13.2. The zero-order chi connectivity index (χ0) is 12.0. The highest BCUT2D eigenvalue weighted by atomic mass is 80.0. The van der Waals surface area contributed by atoms with Gasteiger partial charge in [-0.1, -0.05) is 12.1 Å². The van der Waals surface area contributed by atoms with E-state index in [1.165, 1.54) is 0 Å². The largest absolute Gasteiger partial charge is 0.329 e. The lowest BCUT2D eigenvalue weighted by Crippen LogP contribution is -2.19. The van der Waals surface area contributed by atoms with Gasteiger partial charge in [0.05, 0.1) is 11.0 Å². The Balaban J connectivity index is 2.66. The molecular weight excluding hydrogens is 428 g/mol. The number of alkyl halides is 3. The molecule has 0 saturated heterocycles. The predicted molar refractivity (Wildman–Crippen MR) is 72.8 cm³/mol. The number of para-hydroxylation sites is 2. The van der Waals surface area contributed by atoms with Crippen molar-refractivity contribution in [2.24, 2.45) is 0 Å². The summed E-state index contributed by atoms with van der Waals surface area (Å²) >= 11 is 8.94. The highest BCUT2D eigenvalue weighted by molar-refractivity contribution is 9.42. The molecule has 2 rings (SSSR count). The molecule has 0 amide bonds. The van der Waals surface area contributed by atoms with Crippen LogP contribution in [0.5, 0.6) is 0 Å². The standard InChI is InChI=1S/C8H5Br3N2O2S/c9-8(10,11)16(14,15)7-12-5-3-1-2-4-6(5)13-7/h1-4H,(H,12,13). The average molecular weight is 433 g/mol. The van der Waals surface area contributed by atoms with Crippen molar-refractivity contribution in [1.82, 2.24) is 9.97 Å². The molecule has 0 atom stereocenters. The molecule has 8 heteroatoms. The lowest BCUT2D eigenvalue weighted by atomic mass is 10.3. The number of imidazole rings is 1. The van der Waals surface area contributed by atoms with Gasteiger partial charge in [0.15, 0.2) is 0 Å². The number of benzene rings is 1. The predicted octanol–water partition coefficient (Wildman–Crippen LogP) is 3.13. The van der Waals surface area contributed by atoms with Crippen LogP contribution in [0.15, 0.2) is 29.4 Å². The van der Waals surface area contributed by atoms with E-state index in [2.05, 4.69) is 57.8 Å². The van der Waals surface area contributed by atoms with Crippen LogP contribution >= 0.6 is 47.8 Å². The lowest BCUT2D eigenvalue weighted by molar-refractivity contribution is 0.592. The van der Waals surface area contributed by atoms with Crippen LogP contribution < -0.4 is 0 Å². The number of hydrogen-bond acceptors (Lipinski definition) is 3. The Morgan fingerprint density at radius 3 is 2.38 bits per heavy atom. The molecule has 0 spiro atoms. The first-order valence-electron chi connectivity index (χ1n) is 4.08. The van der Waals surface area contributed by atoms with Crippen molar-refractivity contribution < 1.29 is 8.42 Å². The Morgan fingerprint density at radius 2 is 1.81 bits per heavy atom. The Labute approximate surface area is 117 Å². The lowest BCUT2D eigenvalue weighted by Gasteiger charge is -2.10. The van der Waals surface area contributed by atoms with E-state index in [1.54, 1.807) is 24.3 Å². The number of rotatable bonds is 1. The third-order valence-electron chi connectivity index (χ3n) is 1.93. The monoisotopic (exact) mass is 430 g/mol. The first-order valence-corrected chi connectivity index (χ1v) is 7.95. The van der Waals surface area contributed by atoms with Gasteiger partial charge in [-0.05, 0) is 59.9 Å². The fourth-order valence-corrected chi connectivity index (χ4v) is 3.23. The average Bonchev–Trinajstić information content (AvgIpc) is 2.59. The number of H-pyrrole nitrogens is 1. The smallest absolute Gasteiger partial charge is 0.247 e. The Morgan fingerprint density at radius 1 is 1.19 bits per heavy atom. The van der Waals surface area contributed by atoms with Crippen molar-refractivity contribution in [2.45, 2.75) is 6.63 Å². The van der Waals surface area contributed by atoms with Gasteiger partial charge in [0.25, 0.3) is 0 Å². The minimum Gasteiger partial charge on any atom is -0.329 e. The number of aromatic nitrogens is 2. The van der Waals surface area contributed by atoms with Gasteiger partial charge in [-0.15, -0.1) is 0 Å². The van der Waals surface area contributed by atoms with Gasteiger partial charge in [0.2, 0.25) is 16.5 Å². The third-order valence-corrected chi connectivity index (χ3v) is 7.07. The molecule has 0 bridgehead atoms. The summed E-state index contributed by atoms with van der Waals surface area (Å²) in [4.78, 5) is 6.77. The van der Waals surface area contributed by atoms with E-state index < -0.39 is 11.3 Å². The molecule has 1 aromatic carbocycles. The Bertz CT molecular complexity index is 597. The van der Waals surface area contributed by atoms with Crippen LogP contribution in [0.25, 0.3) is 11.0 Å². The summed E-state index contributed by atoms with van der Waals surface area (Å²) in [5.41, 5.74) is 1.29. The van der Waals surface area contributed by atoms with Crippen molar-refractivity contribution in [3.63, 3.8) is 0 Å². The molecule has 0 unspecified atom stereocenters.